The number of likely N-dealkylation sites (tertiary alicyclic amines) is 1. The van der Waals surface area contributed by atoms with Gasteiger partial charge in [0.05, 0.1) is 24.0 Å². The molecule has 158 valence electrons. The van der Waals surface area contributed by atoms with Gasteiger partial charge in [-0.3, -0.25) is 14.2 Å². The third-order valence-electron chi connectivity index (χ3n) is 5.64. The molecule has 1 aliphatic rings. The summed E-state index contributed by atoms with van der Waals surface area (Å²) in [5, 5.41) is 15.8. The van der Waals surface area contributed by atoms with E-state index in [1.54, 1.807) is 9.58 Å². The van der Waals surface area contributed by atoms with Gasteiger partial charge < -0.3 is 10.0 Å². The fraction of sp³-hybridized carbons (Fsp3) is 0.455. The largest absolute Gasteiger partial charge is 0.388 e. The number of carbonyl (C=O) groups excluding carboxylic acids is 1. The number of piperidine rings is 1. The van der Waals surface area contributed by atoms with Crippen molar-refractivity contribution < 1.29 is 9.90 Å². The Bertz CT molecular complexity index is 1120. The number of fused-ring (bicyclic) bond motifs is 1. The molecule has 1 amide bonds. The molecular weight excluding hydrogens is 382 g/mol. The first-order chi connectivity index (χ1) is 14.2. The van der Waals surface area contributed by atoms with Crippen molar-refractivity contribution in [3.63, 3.8) is 0 Å². The summed E-state index contributed by atoms with van der Waals surface area (Å²) < 4.78 is 3.08. The monoisotopic (exact) mass is 409 g/mol. The predicted molar refractivity (Wildman–Crippen MR) is 113 cm³/mol. The normalized spacial score (nSPS) is 16.7. The summed E-state index contributed by atoms with van der Waals surface area (Å²) in [6.45, 7) is 6.78. The number of hydrogen-bond donors (Lipinski definition) is 1. The van der Waals surface area contributed by atoms with Crippen molar-refractivity contribution in [2.45, 2.75) is 45.8 Å². The summed E-state index contributed by atoms with van der Waals surface area (Å²) in [7, 11) is 0. The first-order valence-electron chi connectivity index (χ1n) is 10.2. The molecule has 0 aliphatic carbocycles. The molecule has 8 heteroatoms. The molecule has 1 aromatic carbocycles. The van der Waals surface area contributed by atoms with Gasteiger partial charge in [0, 0.05) is 18.5 Å². The zero-order chi connectivity index (χ0) is 21.5. The SMILES string of the molecule is CC(C)(C)C(=O)N1CCC(O)(Cn2cnc3c(cnn3-c3ccccc3)c2=O)CC1. The molecule has 1 aliphatic heterocycles. The fourth-order valence-electron chi connectivity index (χ4n) is 3.89. The molecule has 0 bridgehead atoms. The van der Waals surface area contributed by atoms with Gasteiger partial charge in [0.15, 0.2) is 5.65 Å². The predicted octanol–water partition coefficient (Wildman–Crippen LogP) is 1.98. The van der Waals surface area contributed by atoms with Crippen LogP contribution in [0.1, 0.15) is 33.6 Å². The van der Waals surface area contributed by atoms with Crippen molar-refractivity contribution in [1.29, 1.82) is 0 Å². The highest BCUT2D eigenvalue weighted by Crippen LogP contribution is 2.27. The molecule has 8 nitrogen and oxygen atoms in total. The van der Waals surface area contributed by atoms with Crippen LogP contribution in [0.3, 0.4) is 0 Å². The molecular formula is C22H27N5O3. The van der Waals surface area contributed by atoms with Crippen LogP contribution < -0.4 is 5.56 Å². The summed E-state index contributed by atoms with van der Waals surface area (Å²) in [5.41, 5.74) is -0.417. The zero-order valence-corrected chi connectivity index (χ0v) is 17.6. The molecule has 0 radical (unpaired) electrons. The Morgan fingerprint density at radius 1 is 1.17 bits per heavy atom. The third kappa shape index (κ3) is 3.75. The van der Waals surface area contributed by atoms with E-state index in [0.717, 1.165) is 5.69 Å². The van der Waals surface area contributed by atoms with Crippen LogP contribution in [0.25, 0.3) is 16.7 Å². The van der Waals surface area contributed by atoms with Gasteiger partial charge in [-0.25, -0.2) is 9.67 Å². The lowest BCUT2D eigenvalue weighted by molar-refractivity contribution is -0.144. The summed E-state index contributed by atoms with van der Waals surface area (Å²) >= 11 is 0. The Morgan fingerprint density at radius 3 is 2.47 bits per heavy atom. The molecule has 3 aromatic rings. The Balaban J connectivity index is 1.54. The molecule has 0 saturated carbocycles. The number of aromatic nitrogens is 4. The third-order valence-corrected chi connectivity index (χ3v) is 5.64. The quantitative estimate of drug-likeness (QED) is 0.714. The molecule has 30 heavy (non-hydrogen) atoms. The highest BCUT2D eigenvalue weighted by Gasteiger charge is 2.37. The maximum absolute atomic E-state index is 13.0. The molecule has 0 spiro atoms. The van der Waals surface area contributed by atoms with Crippen molar-refractivity contribution in [3.05, 3.63) is 53.2 Å². The van der Waals surface area contributed by atoms with Gasteiger partial charge in [-0.2, -0.15) is 5.10 Å². The average Bonchev–Trinajstić information content (AvgIpc) is 3.15. The number of nitrogens with zero attached hydrogens (tertiary/aromatic N) is 5. The zero-order valence-electron chi connectivity index (χ0n) is 17.6. The first kappa shape index (κ1) is 20.3. The van der Waals surface area contributed by atoms with E-state index in [4.69, 9.17) is 0 Å². The Hall–Kier alpha value is -3.00. The van der Waals surface area contributed by atoms with Crippen molar-refractivity contribution in [2.75, 3.05) is 13.1 Å². The van der Waals surface area contributed by atoms with Crippen molar-refractivity contribution in [2.24, 2.45) is 5.41 Å². The van der Waals surface area contributed by atoms with E-state index in [-0.39, 0.29) is 18.0 Å². The Kier molecular flexibility index (Phi) is 4.97. The van der Waals surface area contributed by atoms with Gasteiger partial charge in [-0.05, 0) is 25.0 Å². The van der Waals surface area contributed by atoms with Crippen molar-refractivity contribution in [1.82, 2.24) is 24.2 Å². The van der Waals surface area contributed by atoms with Gasteiger partial charge in [0.2, 0.25) is 5.91 Å². The molecule has 1 fully saturated rings. The smallest absolute Gasteiger partial charge is 0.264 e. The minimum Gasteiger partial charge on any atom is -0.388 e. The maximum atomic E-state index is 13.0. The summed E-state index contributed by atoms with van der Waals surface area (Å²) in [5.74, 6) is 0.0816. The minimum atomic E-state index is -1.05. The van der Waals surface area contributed by atoms with Gasteiger partial charge in [-0.15, -0.1) is 0 Å². The van der Waals surface area contributed by atoms with Crippen LogP contribution in [0.4, 0.5) is 0 Å². The molecule has 0 unspecified atom stereocenters. The van der Waals surface area contributed by atoms with Crippen LogP contribution in [0.5, 0.6) is 0 Å². The van der Waals surface area contributed by atoms with E-state index in [9.17, 15) is 14.7 Å². The van der Waals surface area contributed by atoms with Gasteiger partial charge >= 0.3 is 0 Å². The van der Waals surface area contributed by atoms with E-state index in [0.29, 0.717) is 37.0 Å². The topological polar surface area (TPSA) is 93.2 Å². The summed E-state index contributed by atoms with van der Waals surface area (Å²) in [6, 6.07) is 9.51. The van der Waals surface area contributed by atoms with E-state index in [2.05, 4.69) is 10.1 Å². The minimum absolute atomic E-state index is 0.0816. The van der Waals surface area contributed by atoms with E-state index >= 15 is 0 Å². The van der Waals surface area contributed by atoms with Crippen LogP contribution in [0, 0.1) is 5.41 Å². The highest BCUT2D eigenvalue weighted by atomic mass is 16.3. The van der Waals surface area contributed by atoms with Crippen LogP contribution >= 0.6 is 0 Å². The number of para-hydroxylation sites is 1. The molecule has 2 aromatic heterocycles. The number of carbonyl (C=O) groups is 1. The molecule has 4 rings (SSSR count). The van der Waals surface area contributed by atoms with Crippen molar-refractivity contribution >= 4 is 16.9 Å². The number of aliphatic hydroxyl groups is 1. The fourth-order valence-corrected chi connectivity index (χ4v) is 3.89. The van der Waals surface area contributed by atoms with E-state index in [1.807, 2.05) is 51.1 Å². The molecule has 1 saturated heterocycles. The molecule has 3 heterocycles. The van der Waals surface area contributed by atoms with Crippen LogP contribution in [-0.2, 0) is 11.3 Å². The number of benzene rings is 1. The Labute approximate surface area is 174 Å². The summed E-state index contributed by atoms with van der Waals surface area (Å²) in [6.07, 6.45) is 3.82. The lowest BCUT2D eigenvalue weighted by atomic mass is 9.88. The lowest BCUT2D eigenvalue weighted by Crippen LogP contribution is -2.51. The lowest BCUT2D eigenvalue weighted by Gasteiger charge is -2.40. The maximum Gasteiger partial charge on any atom is 0.264 e. The first-order valence-corrected chi connectivity index (χ1v) is 10.2. The van der Waals surface area contributed by atoms with Gasteiger partial charge in [-0.1, -0.05) is 39.0 Å². The number of amides is 1. The number of rotatable bonds is 3. The standard InChI is InChI=1S/C22H27N5O3/c1-21(2,3)20(29)25-11-9-22(30,10-12-25)14-26-15-23-18-17(19(26)28)13-24-27(18)16-7-5-4-6-8-16/h4-8,13,15,30H,9-12,14H2,1-3H3. The second-order valence-corrected chi connectivity index (χ2v) is 9.07. The number of hydrogen-bond acceptors (Lipinski definition) is 5. The molecule has 1 N–H and O–H groups in total. The average molecular weight is 409 g/mol. The van der Waals surface area contributed by atoms with Gasteiger partial charge in [0.25, 0.3) is 5.56 Å². The van der Waals surface area contributed by atoms with Crippen molar-refractivity contribution in [3.8, 4) is 5.69 Å². The van der Waals surface area contributed by atoms with E-state index < -0.39 is 11.0 Å². The van der Waals surface area contributed by atoms with Crippen LogP contribution in [-0.4, -0.2) is 53.9 Å². The Morgan fingerprint density at radius 2 is 1.83 bits per heavy atom. The van der Waals surface area contributed by atoms with Gasteiger partial charge in [0.1, 0.15) is 11.7 Å². The second-order valence-electron chi connectivity index (χ2n) is 9.07. The van der Waals surface area contributed by atoms with Crippen LogP contribution in [0.2, 0.25) is 0 Å². The van der Waals surface area contributed by atoms with E-state index in [1.165, 1.54) is 17.1 Å². The second kappa shape index (κ2) is 7.36. The summed E-state index contributed by atoms with van der Waals surface area (Å²) in [4.78, 5) is 31.7. The molecule has 0 atom stereocenters. The highest BCUT2D eigenvalue weighted by molar-refractivity contribution is 5.81. The van der Waals surface area contributed by atoms with Crippen LogP contribution in [0.15, 0.2) is 47.7 Å².